The van der Waals surface area contributed by atoms with Crippen molar-refractivity contribution in [3.8, 4) is 0 Å². The van der Waals surface area contributed by atoms with Crippen molar-refractivity contribution in [3.05, 3.63) is 0 Å². The second kappa shape index (κ2) is 6.56. The van der Waals surface area contributed by atoms with Crippen LogP contribution < -0.4 is 11.1 Å². The fraction of sp³-hybridized carbons (Fsp3) is 0.818. The molecule has 6 nitrogen and oxygen atoms in total. The summed E-state index contributed by atoms with van der Waals surface area (Å²) < 4.78 is 4.53. The first-order valence-electron chi connectivity index (χ1n) is 5.88. The first kappa shape index (κ1) is 13.9. The van der Waals surface area contributed by atoms with Crippen LogP contribution in [-0.4, -0.2) is 55.6 Å². The van der Waals surface area contributed by atoms with Gasteiger partial charge in [-0.3, -0.25) is 9.69 Å². The molecule has 6 heteroatoms. The number of nitrogens with two attached hydrogens (primary N) is 1. The van der Waals surface area contributed by atoms with E-state index in [4.69, 9.17) is 5.73 Å². The number of amides is 1. The first-order valence-corrected chi connectivity index (χ1v) is 5.88. The van der Waals surface area contributed by atoms with E-state index >= 15 is 0 Å². The van der Waals surface area contributed by atoms with Crippen molar-refractivity contribution in [1.82, 2.24) is 10.2 Å². The summed E-state index contributed by atoms with van der Waals surface area (Å²) in [6.07, 6.45) is 1.83. The van der Waals surface area contributed by atoms with Gasteiger partial charge < -0.3 is 15.8 Å². The Morgan fingerprint density at radius 3 is 2.59 bits per heavy atom. The van der Waals surface area contributed by atoms with E-state index in [2.05, 4.69) is 10.1 Å². The number of carbonyl (C=O) groups is 2. The van der Waals surface area contributed by atoms with Gasteiger partial charge in [0, 0.05) is 19.1 Å². The topological polar surface area (TPSA) is 84.7 Å². The molecule has 17 heavy (non-hydrogen) atoms. The van der Waals surface area contributed by atoms with Crippen LogP contribution in [0.1, 0.15) is 19.8 Å². The second-order valence-corrected chi connectivity index (χ2v) is 4.43. The van der Waals surface area contributed by atoms with Gasteiger partial charge in [-0.1, -0.05) is 0 Å². The summed E-state index contributed by atoms with van der Waals surface area (Å²) in [5, 5.41) is 2.60. The molecule has 0 bridgehead atoms. The zero-order valence-electron chi connectivity index (χ0n) is 10.4. The Kier molecular flexibility index (Phi) is 5.37. The largest absolute Gasteiger partial charge is 0.467 e. The molecule has 98 valence electrons. The molecule has 1 amide bonds. The van der Waals surface area contributed by atoms with Crippen LogP contribution in [0.25, 0.3) is 0 Å². The highest BCUT2D eigenvalue weighted by Crippen LogP contribution is 2.07. The van der Waals surface area contributed by atoms with Crippen LogP contribution in [0.15, 0.2) is 0 Å². The zero-order valence-corrected chi connectivity index (χ0v) is 10.4. The van der Waals surface area contributed by atoms with E-state index in [1.54, 1.807) is 6.92 Å². The average molecular weight is 243 g/mol. The molecule has 0 spiro atoms. The molecule has 1 aliphatic heterocycles. The van der Waals surface area contributed by atoms with Crippen LogP contribution in [0.2, 0.25) is 0 Å². The van der Waals surface area contributed by atoms with Crippen LogP contribution in [0.3, 0.4) is 0 Å². The maximum atomic E-state index is 11.6. The molecule has 0 radical (unpaired) electrons. The van der Waals surface area contributed by atoms with E-state index in [1.165, 1.54) is 7.11 Å². The van der Waals surface area contributed by atoms with E-state index in [-0.39, 0.29) is 11.9 Å². The highest BCUT2D eigenvalue weighted by Gasteiger charge is 2.20. The third-order valence-corrected chi connectivity index (χ3v) is 2.93. The van der Waals surface area contributed by atoms with Crippen molar-refractivity contribution < 1.29 is 14.3 Å². The summed E-state index contributed by atoms with van der Waals surface area (Å²) in [5.41, 5.74) is 5.78. The number of rotatable bonds is 4. The Balaban J connectivity index is 2.27. The molecule has 1 atom stereocenters. The quantitative estimate of drug-likeness (QED) is 0.624. The zero-order chi connectivity index (χ0) is 12.8. The molecule has 1 rings (SSSR count). The lowest BCUT2D eigenvalue weighted by Gasteiger charge is -2.29. The number of carbonyl (C=O) groups excluding carboxylic acids is 2. The van der Waals surface area contributed by atoms with E-state index in [0.717, 1.165) is 25.9 Å². The molecule has 0 saturated carbocycles. The van der Waals surface area contributed by atoms with E-state index in [9.17, 15) is 9.59 Å². The molecular formula is C11H21N3O3. The number of methoxy groups -OCH3 is 1. The molecule has 0 aromatic heterocycles. The summed E-state index contributed by atoms with van der Waals surface area (Å²) >= 11 is 0. The lowest BCUT2D eigenvalue weighted by Crippen LogP contribution is -2.47. The maximum absolute atomic E-state index is 11.6. The van der Waals surface area contributed by atoms with Gasteiger partial charge in [0.05, 0.1) is 13.7 Å². The Morgan fingerprint density at radius 2 is 2.06 bits per heavy atom. The molecule has 1 heterocycles. The third-order valence-electron chi connectivity index (χ3n) is 2.93. The molecule has 1 aliphatic rings. The van der Waals surface area contributed by atoms with Gasteiger partial charge in [0.1, 0.15) is 6.04 Å². The minimum atomic E-state index is -0.598. The SMILES string of the molecule is COC(=O)[C@H](C)NC(=O)CN1CCC(N)CC1. The Bertz CT molecular complexity index is 275. The van der Waals surface area contributed by atoms with Crippen molar-refractivity contribution in [2.75, 3.05) is 26.7 Å². The van der Waals surface area contributed by atoms with Gasteiger partial charge in [-0.15, -0.1) is 0 Å². The number of piperidine rings is 1. The summed E-state index contributed by atoms with van der Waals surface area (Å²) in [5.74, 6) is -0.586. The van der Waals surface area contributed by atoms with Crippen LogP contribution in [-0.2, 0) is 14.3 Å². The highest BCUT2D eigenvalue weighted by atomic mass is 16.5. The lowest BCUT2D eigenvalue weighted by molar-refractivity contribution is -0.144. The summed E-state index contributed by atoms with van der Waals surface area (Å²) in [7, 11) is 1.30. The molecule has 0 aromatic rings. The minimum absolute atomic E-state index is 0.154. The first-order chi connectivity index (χ1) is 8.02. The van der Waals surface area contributed by atoms with Crippen molar-refractivity contribution in [3.63, 3.8) is 0 Å². The number of likely N-dealkylation sites (tertiary alicyclic amines) is 1. The monoisotopic (exact) mass is 243 g/mol. The molecule has 0 aliphatic carbocycles. The van der Waals surface area contributed by atoms with Crippen LogP contribution in [0.4, 0.5) is 0 Å². The van der Waals surface area contributed by atoms with Crippen molar-refractivity contribution >= 4 is 11.9 Å². The van der Waals surface area contributed by atoms with E-state index in [1.807, 2.05) is 4.90 Å². The number of esters is 1. The number of hydrogen-bond acceptors (Lipinski definition) is 5. The smallest absolute Gasteiger partial charge is 0.328 e. The Hall–Kier alpha value is -1.14. The predicted molar refractivity (Wildman–Crippen MR) is 63.3 cm³/mol. The molecule has 0 unspecified atom stereocenters. The summed E-state index contributed by atoms with van der Waals surface area (Å²) in [4.78, 5) is 24.8. The van der Waals surface area contributed by atoms with Gasteiger partial charge in [-0.25, -0.2) is 4.79 Å². The van der Waals surface area contributed by atoms with Gasteiger partial charge in [-0.05, 0) is 19.8 Å². The fourth-order valence-corrected chi connectivity index (χ4v) is 1.84. The Labute approximate surface area is 101 Å². The lowest BCUT2D eigenvalue weighted by atomic mass is 10.1. The number of hydrogen-bond donors (Lipinski definition) is 2. The van der Waals surface area contributed by atoms with E-state index in [0.29, 0.717) is 6.54 Å². The minimum Gasteiger partial charge on any atom is -0.467 e. The van der Waals surface area contributed by atoms with E-state index < -0.39 is 12.0 Å². The average Bonchev–Trinajstić information content (AvgIpc) is 2.30. The molecule has 3 N–H and O–H groups in total. The third kappa shape index (κ3) is 4.70. The highest BCUT2D eigenvalue weighted by molar-refractivity contribution is 5.85. The van der Waals surface area contributed by atoms with Crippen molar-refractivity contribution in [2.24, 2.45) is 5.73 Å². The summed E-state index contributed by atoms with van der Waals surface area (Å²) in [6, 6.07) is -0.345. The van der Waals surface area contributed by atoms with Gasteiger partial charge in [-0.2, -0.15) is 0 Å². The molecule has 1 saturated heterocycles. The van der Waals surface area contributed by atoms with Gasteiger partial charge in [0.15, 0.2) is 0 Å². The van der Waals surface area contributed by atoms with Crippen molar-refractivity contribution in [2.45, 2.75) is 31.8 Å². The van der Waals surface area contributed by atoms with Crippen LogP contribution in [0, 0.1) is 0 Å². The Morgan fingerprint density at radius 1 is 1.47 bits per heavy atom. The standard InChI is InChI=1S/C11H21N3O3/c1-8(11(16)17-2)13-10(15)7-14-5-3-9(12)4-6-14/h8-9H,3-7,12H2,1-2H3,(H,13,15)/t8-/m0/s1. The number of nitrogens with zero attached hydrogens (tertiary/aromatic N) is 1. The van der Waals surface area contributed by atoms with Gasteiger partial charge in [0.25, 0.3) is 0 Å². The predicted octanol–water partition coefficient (Wildman–Crippen LogP) is -0.913. The molecular weight excluding hydrogens is 222 g/mol. The van der Waals surface area contributed by atoms with Crippen LogP contribution >= 0.6 is 0 Å². The number of ether oxygens (including phenoxy) is 1. The molecule has 0 aromatic carbocycles. The van der Waals surface area contributed by atoms with Gasteiger partial charge >= 0.3 is 5.97 Å². The fourth-order valence-electron chi connectivity index (χ4n) is 1.84. The second-order valence-electron chi connectivity index (χ2n) is 4.43. The molecule has 1 fully saturated rings. The normalized spacial score (nSPS) is 19.7. The van der Waals surface area contributed by atoms with Gasteiger partial charge in [0.2, 0.25) is 5.91 Å². The number of nitrogens with one attached hydrogen (secondary N) is 1. The summed E-state index contributed by atoms with van der Waals surface area (Å²) in [6.45, 7) is 3.59. The maximum Gasteiger partial charge on any atom is 0.328 e. The van der Waals surface area contributed by atoms with Crippen molar-refractivity contribution in [1.29, 1.82) is 0 Å². The van der Waals surface area contributed by atoms with Crippen LogP contribution in [0.5, 0.6) is 0 Å².